The molecule has 9 heteroatoms. The average Bonchev–Trinajstić information content (AvgIpc) is 3.05. The summed E-state index contributed by atoms with van der Waals surface area (Å²) in [5.41, 5.74) is 0.872. The highest BCUT2D eigenvalue weighted by molar-refractivity contribution is 8.03. The van der Waals surface area contributed by atoms with Gasteiger partial charge in [-0.25, -0.2) is 4.79 Å². The van der Waals surface area contributed by atoms with Crippen LogP contribution in [0.4, 0.5) is 0 Å². The van der Waals surface area contributed by atoms with Crippen LogP contribution in [-0.2, 0) is 16.0 Å². The van der Waals surface area contributed by atoms with E-state index in [0.717, 1.165) is 5.69 Å². The zero-order chi connectivity index (χ0) is 16.7. The summed E-state index contributed by atoms with van der Waals surface area (Å²) in [6, 6.07) is -0.261. The van der Waals surface area contributed by atoms with E-state index in [9.17, 15) is 19.8 Å². The van der Waals surface area contributed by atoms with Gasteiger partial charge in [-0.1, -0.05) is 6.92 Å². The van der Waals surface area contributed by atoms with Crippen LogP contribution in [-0.4, -0.2) is 60.3 Å². The highest BCUT2D eigenvalue weighted by Gasteiger charge is 2.59. The number of amides is 1. The van der Waals surface area contributed by atoms with Crippen LogP contribution in [0.1, 0.15) is 19.5 Å². The molecule has 1 aromatic rings. The molecule has 2 aliphatic rings. The van der Waals surface area contributed by atoms with Crippen LogP contribution in [0.15, 0.2) is 16.8 Å². The minimum absolute atomic E-state index is 0.0644. The Kier molecular flexibility index (Phi) is 4.15. The number of nitrogens with zero attached hydrogens (tertiary/aromatic N) is 3. The first-order valence-corrected chi connectivity index (χ1v) is 8.38. The first kappa shape index (κ1) is 16.0. The van der Waals surface area contributed by atoms with Gasteiger partial charge in [0.15, 0.2) is 0 Å². The summed E-state index contributed by atoms with van der Waals surface area (Å²) in [5, 5.41) is 29.5. The SMILES string of the molecule is C[C@@H](O)[C@H]1C(=O)N2C(C(=O)O)=C(SCCc3cn[nH]n3)[C@H](C)[C@H]12. The maximum absolute atomic E-state index is 12.2. The van der Waals surface area contributed by atoms with Gasteiger partial charge in [0.1, 0.15) is 5.70 Å². The standard InChI is InChI=1S/C14H18N4O4S/c1-6-10-9(7(2)19)13(20)18(10)11(14(21)22)12(6)23-4-3-8-5-15-17-16-8/h5-7,9-10,19H,3-4H2,1-2H3,(H,21,22)(H,15,16,17)/t6-,7-,9-,10-/m1/s1. The Balaban J connectivity index is 1.77. The lowest BCUT2D eigenvalue weighted by atomic mass is 9.79. The molecule has 124 valence electrons. The zero-order valence-corrected chi connectivity index (χ0v) is 13.6. The number of hydrogen-bond donors (Lipinski definition) is 3. The van der Waals surface area contributed by atoms with Gasteiger partial charge in [0.2, 0.25) is 5.91 Å². The third-order valence-corrected chi connectivity index (χ3v) is 5.68. The van der Waals surface area contributed by atoms with Gasteiger partial charge in [-0.05, 0) is 6.92 Å². The van der Waals surface area contributed by atoms with Gasteiger partial charge in [0.05, 0.1) is 30.0 Å². The van der Waals surface area contributed by atoms with E-state index in [4.69, 9.17) is 0 Å². The molecular weight excluding hydrogens is 320 g/mol. The van der Waals surface area contributed by atoms with Crippen molar-refractivity contribution in [2.45, 2.75) is 32.4 Å². The van der Waals surface area contributed by atoms with E-state index in [1.807, 2.05) is 6.92 Å². The van der Waals surface area contributed by atoms with Crippen LogP contribution >= 0.6 is 11.8 Å². The number of fused-ring (bicyclic) bond motifs is 1. The Bertz CT molecular complexity index is 658. The molecule has 0 spiro atoms. The molecule has 4 atom stereocenters. The number of rotatable bonds is 6. The number of carboxylic acid groups (broad SMARTS) is 1. The summed E-state index contributed by atoms with van der Waals surface area (Å²) in [6.45, 7) is 3.48. The van der Waals surface area contributed by atoms with Crippen molar-refractivity contribution < 1.29 is 19.8 Å². The third kappa shape index (κ3) is 2.53. The molecule has 0 saturated carbocycles. The maximum atomic E-state index is 12.2. The molecule has 1 saturated heterocycles. The van der Waals surface area contributed by atoms with E-state index in [2.05, 4.69) is 15.4 Å². The lowest BCUT2D eigenvalue weighted by molar-refractivity contribution is -0.163. The Morgan fingerprint density at radius 3 is 2.87 bits per heavy atom. The number of β-lactam (4-membered cyclic amide) rings is 1. The molecule has 0 unspecified atom stereocenters. The highest BCUT2D eigenvalue weighted by atomic mass is 32.2. The molecule has 0 aliphatic carbocycles. The number of carboxylic acids is 1. The predicted molar refractivity (Wildman–Crippen MR) is 82.2 cm³/mol. The fourth-order valence-corrected chi connectivity index (χ4v) is 4.58. The van der Waals surface area contributed by atoms with Crippen LogP contribution in [0.2, 0.25) is 0 Å². The number of aliphatic carboxylic acids is 1. The highest BCUT2D eigenvalue weighted by Crippen LogP contribution is 2.50. The molecule has 23 heavy (non-hydrogen) atoms. The number of thioether (sulfide) groups is 1. The minimum atomic E-state index is -1.10. The fourth-order valence-electron chi connectivity index (χ4n) is 3.33. The Morgan fingerprint density at radius 2 is 2.30 bits per heavy atom. The van der Waals surface area contributed by atoms with Crippen LogP contribution in [0.3, 0.4) is 0 Å². The van der Waals surface area contributed by atoms with Gasteiger partial charge in [-0.15, -0.1) is 11.8 Å². The largest absolute Gasteiger partial charge is 0.477 e. The van der Waals surface area contributed by atoms with E-state index in [1.165, 1.54) is 16.7 Å². The second-order valence-electron chi connectivity index (χ2n) is 5.83. The van der Waals surface area contributed by atoms with E-state index in [0.29, 0.717) is 17.1 Å². The molecule has 0 aromatic carbocycles. The van der Waals surface area contributed by atoms with Crippen LogP contribution in [0.25, 0.3) is 0 Å². The lowest BCUT2D eigenvalue weighted by Gasteiger charge is -2.46. The summed E-state index contributed by atoms with van der Waals surface area (Å²) in [6.07, 6.45) is 1.51. The van der Waals surface area contributed by atoms with E-state index in [-0.39, 0.29) is 23.6 Å². The smallest absolute Gasteiger partial charge is 0.353 e. The minimum Gasteiger partial charge on any atom is -0.477 e. The van der Waals surface area contributed by atoms with E-state index < -0.39 is 18.0 Å². The summed E-state index contributed by atoms with van der Waals surface area (Å²) in [4.78, 5) is 25.8. The summed E-state index contributed by atoms with van der Waals surface area (Å²) in [5.74, 6) is -1.37. The van der Waals surface area contributed by atoms with Gasteiger partial charge in [-0.2, -0.15) is 15.4 Å². The maximum Gasteiger partial charge on any atom is 0.353 e. The summed E-state index contributed by atoms with van der Waals surface area (Å²) < 4.78 is 0. The number of hydrogen-bond acceptors (Lipinski definition) is 6. The summed E-state index contributed by atoms with van der Waals surface area (Å²) >= 11 is 1.43. The average molecular weight is 338 g/mol. The van der Waals surface area contributed by atoms with Crippen LogP contribution in [0, 0.1) is 11.8 Å². The molecule has 1 fully saturated rings. The number of aliphatic hydroxyl groups is 1. The van der Waals surface area contributed by atoms with Gasteiger partial charge in [0, 0.05) is 23.0 Å². The quantitative estimate of drug-likeness (QED) is 0.635. The predicted octanol–water partition coefficient (Wildman–Crippen LogP) is 0.234. The number of aliphatic hydroxyl groups excluding tert-OH is 1. The molecule has 3 rings (SSSR count). The molecule has 3 N–H and O–H groups in total. The molecular formula is C14H18N4O4S. The number of aromatic amines is 1. The van der Waals surface area contributed by atoms with Crippen molar-refractivity contribution in [2.24, 2.45) is 11.8 Å². The molecule has 0 radical (unpaired) electrons. The zero-order valence-electron chi connectivity index (χ0n) is 12.8. The Labute approximate surface area is 136 Å². The van der Waals surface area contributed by atoms with E-state index in [1.54, 1.807) is 13.1 Å². The van der Waals surface area contributed by atoms with Crippen molar-refractivity contribution in [3.05, 3.63) is 22.5 Å². The molecule has 0 bridgehead atoms. The van der Waals surface area contributed by atoms with E-state index >= 15 is 0 Å². The second-order valence-corrected chi connectivity index (χ2v) is 6.97. The second kappa shape index (κ2) is 5.97. The third-order valence-electron chi connectivity index (χ3n) is 4.39. The van der Waals surface area contributed by atoms with Crippen molar-refractivity contribution in [3.63, 3.8) is 0 Å². The molecule has 1 aromatic heterocycles. The fraction of sp³-hybridized carbons (Fsp3) is 0.571. The first-order valence-electron chi connectivity index (χ1n) is 7.39. The van der Waals surface area contributed by atoms with Crippen molar-refractivity contribution in [3.8, 4) is 0 Å². The lowest BCUT2D eigenvalue weighted by Crippen LogP contribution is -2.63. The van der Waals surface area contributed by atoms with Crippen LogP contribution < -0.4 is 0 Å². The number of aryl methyl sites for hydroxylation is 1. The molecule has 3 heterocycles. The van der Waals surface area contributed by atoms with Crippen molar-refractivity contribution in [2.75, 3.05) is 5.75 Å². The molecule has 1 amide bonds. The van der Waals surface area contributed by atoms with Crippen LogP contribution in [0.5, 0.6) is 0 Å². The van der Waals surface area contributed by atoms with Crippen molar-refractivity contribution in [1.82, 2.24) is 20.3 Å². The first-order chi connectivity index (χ1) is 10.9. The molecule has 8 nitrogen and oxygen atoms in total. The molecule has 2 aliphatic heterocycles. The topological polar surface area (TPSA) is 119 Å². The number of nitrogens with one attached hydrogen (secondary N) is 1. The van der Waals surface area contributed by atoms with Gasteiger partial charge in [0.25, 0.3) is 0 Å². The Morgan fingerprint density at radius 1 is 1.57 bits per heavy atom. The van der Waals surface area contributed by atoms with Gasteiger partial charge in [-0.3, -0.25) is 4.79 Å². The number of H-pyrrole nitrogens is 1. The summed E-state index contributed by atoms with van der Waals surface area (Å²) in [7, 11) is 0. The Hall–Kier alpha value is -1.87. The van der Waals surface area contributed by atoms with Crippen molar-refractivity contribution >= 4 is 23.6 Å². The number of carbonyl (C=O) groups is 2. The van der Waals surface area contributed by atoms with Gasteiger partial charge >= 0.3 is 5.97 Å². The van der Waals surface area contributed by atoms with Gasteiger partial charge < -0.3 is 15.1 Å². The van der Waals surface area contributed by atoms with Crippen molar-refractivity contribution in [1.29, 1.82) is 0 Å². The monoisotopic (exact) mass is 338 g/mol. The normalized spacial score (nSPS) is 27.9. The number of aromatic nitrogens is 3. The number of carbonyl (C=O) groups excluding carboxylic acids is 1.